The minimum Gasteiger partial charge on any atom is -0.310 e. The highest BCUT2D eigenvalue weighted by atomic mass is 15.2. The molecule has 0 N–H and O–H groups in total. The van der Waals surface area contributed by atoms with E-state index in [4.69, 9.17) is 0 Å². The Morgan fingerprint density at radius 3 is 1.81 bits per heavy atom. The van der Waals surface area contributed by atoms with Crippen LogP contribution in [0.25, 0.3) is 33.4 Å². The van der Waals surface area contributed by atoms with Gasteiger partial charge in [0.1, 0.15) is 0 Å². The molecule has 0 unspecified atom stereocenters. The lowest BCUT2D eigenvalue weighted by atomic mass is 9.43. The van der Waals surface area contributed by atoms with E-state index in [0.29, 0.717) is 11.8 Å². The largest absolute Gasteiger partial charge is 0.310 e. The van der Waals surface area contributed by atoms with Crippen molar-refractivity contribution >= 4 is 11.4 Å². The summed E-state index contributed by atoms with van der Waals surface area (Å²) in [6.45, 7) is 6.26. The Hall–Kier alpha value is -4.88. The third-order valence-electron chi connectivity index (χ3n) is 12.1. The first-order valence-electron chi connectivity index (χ1n) is 17.9. The van der Waals surface area contributed by atoms with Crippen molar-refractivity contribution in [3.63, 3.8) is 0 Å². The van der Waals surface area contributed by atoms with E-state index in [2.05, 4.69) is 158 Å². The molecule has 5 aliphatic carbocycles. The SMILES string of the molecule is C=C/C=C(\C=C/C)N(c1ccc(-c2ccc(-c3ccccc3)cc2)cc1)c1cccc2c1C1(c3ccccc3-2)C2CC3CC(C2)CC1C3. The monoisotopic (exact) mass is 621 g/mol. The van der Waals surface area contributed by atoms with Crippen molar-refractivity contribution in [1.29, 1.82) is 0 Å². The fourth-order valence-electron chi connectivity index (χ4n) is 10.6. The molecule has 0 atom stereocenters. The summed E-state index contributed by atoms with van der Waals surface area (Å²) in [5.74, 6) is 3.22. The highest BCUT2D eigenvalue weighted by Gasteiger charge is 2.62. The van der Waals surface area contributed by atoms with Gasteiger partial charge in [0.2, 0.25) is 0 Å². The average Bonchev–Trinajstić information content (AvgIpc) is 3.43. The second-order valence-corrected chi connectivity index (χ2v) is 14.6. The molecule has 0 amide bonds. The van der Waals surface area contributed by atoms with E-state index in [1.165, 1.54) is 76.9 Å². The molecule has 236 valence electrons. The van der Waals surface area contributed by atoms with Crippen LogP contribution >= 0.6 is 0 Å². The number of fused-ring (bicyclic) bond motifs is 3. The minimum atomic E-state index is 0.0733. The summed E-state index contributed by atoms with van der Waals surface area (Å²) in [6, 6.07) is 45.3. The van der Waals surface area contributed by atoms with Crippen molar-refractivity contribution in [2.75, 3.05) is 4.90 Å². The van der Waals surface area contributed by atoms with Crippen LogP contribution in [0.1, 0.15) is 50.2 Å². The van der Waals surface area contributed by atoms with E-state index in [1.54, 1.807) is 11.1 Å². The molecule has 5 aromatic rings. The maximum atomic E-state index is 4.15. The summed E-state index contributed by atoms with van der Waals surface area (Å²) < 4.78 is 0. The van der Waals surface area contributed by atoms with Gasteiger partial charge in [0.05, 0.1) is 5.69 Å². The van der Waals surface area contributed by atoms with Gasteiger partial charge < -0.3 is 4.90 Å². The van der Waals surface area contributed by atoms with Crippen LogP contribution in [-0.2, 0) is 5.41 Å². The lowest BCUT2D eigenvalue weighted by Gasteiger charge is -2.61. The number of hydrogen-bond donors (Lipinski definition) is 0. The van der Waals surface area contributed by atoms with Crippen molar-refractivity contribution in [3.05, 3.63) is 169 Å². The van der Waals surface area contributed by atoms with Crippen LogP contribution in [0.4, 0.5) is 11.4 Å². The predicted molar refractivity (Wildman–Crippen MR) is 202 cm³/mol. The van der Waals surface area contributed by atoms with Gasteiger partial charge in [-0.05, 0) is 138 Å². The summed E-state index contributed by atoms with van der Waals surface area (Å²) in [4.78, 5) is 2.52. The molecule has 4 bridgehead atoms. The van der Waals surface area contributed by atoms with Crippen LogP contribution in [0, 0.1) is 23.7 Å². The summed E-state index contributed by atoms with van der Waals surface area (Å²) in [6.07, 6.45) is 15.4. The molecule has 4 saturated carbocycles. The van der Waals surface area contributed by atoms with Crippen molar-refractivity contribution < 1.29 is 0 Å². The third kappa shape index (κ3) is 4.44. The Labute approximate surface area is 286 Å². The van der Waals surface area contributed by atoms with Gasteiger partial charge >= 0.3 is 0 Å². The van der Waals surface area contributed by atoms with Crippen molar-refractivity contribution in [2.45, 2.75) is 44.4 Å². The van der Waals surface area contributed by atoms with E-state index < -0.39 is 0 Å². The van der Waals surface area contributed by atoms with E-state index >= 15 is 0 Å². The smallest absolute Gasteiger partial charge is 0.0509 e. The van der Waals surface area contributed by atoms with E-state index in [9.17, 15) is 0 Å². The van der Waals surface area contributed by atoms with E-state index in [-0.39, 0.29) is 5.41 Å². The third-order valence-corrected chi connectivity index (χ3v) is 12.1. The molecule has 1 spiro atoms. The Bertz CT molecular complexity index is 2020. The molecule has 0 aliphatic heterocycles. The normalized spacial score (nSPS) is 25.0. The van der Waals surface area contributed by atoms with Gasteiger partial charge in [-0.2, -0.15) is 0 Å². The summed E-state index contributed by atoms with van der Waals surface area (Å²) in [5.41, 5.74) is 14.7. The molecule has 0 aromatic heterocycles. The Morgan fingerprint density at radius 1 is 0.625 bits per heavy atom. The topological polar surface area (TPSA) is 3.24 Å². The van der Waals surface area contributed by atoms with Crippen molar-refractivity contribution in [3.8, 4) is 33.4 Å². The summed E-state index contributed by atoms with van der Waals surface area (Å²) in [7, 11) is 0. The van der Waals surface area contributed by atoms with Gasteiger partial charge in [-0.1, -0.05) is 122 Å². The first-order valence-corrected chi connectivity index (χ1v) is 17.9. The van der Waals surface area contributed by atoms with Crippen LogP contribution in [0.5, 0.6) is 0 Å². The van der Waals surface area contributed by atoms with Crippen molar-refractivity contribution in [2.24, 2.45) is 23.7 Å². The van der Waals surface area contributed by atoms with Crippen LogP contribution in [0.2, 0.25) is 0 Å². The minimum absolute atomic E-state index is 0.0733. The molecule has 10 rings (SSSR count). The van der Waals surface area contributed by atoms with Crippen LogP contribution in [0.3, 0.4) is 0 Å². The number of rotatable bonds is 7. The van der Waals surface area contributed by atoms with Crippen molar-refractivity contribution in [1.82, 2.24) is 0 Å². The molecular weight excluding hydrogens is 579 g/mol. The number of hydrogen-bond acceptors (Lipinski definition) is 1. The maximum absolute atomic E-state index is 4.15. The number of nitrogens with zero attached hydrogens (tertiary/aromatic N) is 1. The van der Waals surface area contributed by atoms with E-state index in [0.717, 1.165) is 17.5 Å². The number of benzene rings is 5. The van der Waals surface area contributed by atoms with Crippen LogP contribution in [-0.4, -0.2) is 0 Å². The van der Waals surface area contributed by atoms with E-state index in [1.807, 2.05) is 6.08 Å². The fraction of sp³-hybridized carbons (Fsp3) is 0.234. The van der Waals surface area contributed by atoms with Crippen LogP contribution < -0.4 is 4.90 Å². The molecule has 5 aromatic carbocycles. The van der Waals surface area contributed by atoms with Gasteiger partial charge in [0.15, 0.2) is 0 Å². The summed E-state index contributed by atoms with van der Waals surface area (Å²) in [5, 5.41) is 0. The Kier molecular flexibility index (Phi) is 7.12. The highest BCUT2D eigenvalue weighted by molar-refractivity contribution is 5.90. The van der Waals surface area contributed by atoms with Gasteiger partial charge in [-0.15, -0.1) is 0 Å². The zero-order valence-electron chi connectivity index (χ0n) is 27.9. The lowest BCUT2D eigenvalue weighted by molar-refractivity contribution is -0.0397. The molecule has 4 fully saturated rings. The van der Waals surface area contributed by atoms with Gasteiger partial charge in [-0.25, -0.2) is 0 Å². The number of allylic oxidation sites excluding steroid dienone is 4. The zero-order valence-corrected chi connectivity index (χ0v) is 27.9. The molecule has 0 radical (unpaired) electrons. The average molecular weight is 622 g/mol. The van der Waals surface area contributed by atoms with Gasteiger partial charge in [-0.3, -0.25) is 0 Å². The standard InChI is InChI=1S/C47H43N/c1-3-11-40(12-4-2)48(41-25-23-37(24-26-41)36-21-19-35(20-22-36)34-13-6-5-7-14-34)45-18-10-16-43-42-15-8-9-17-44(42)47(46(43)45)38-28-32-27-33(30-38)31-39(47)29-32/h3-26,32-33,38-39H,1,27-31H2,2H3/b12-4-,40-11+. The maximum Gasteiger partial charge on any atom is 0.0509 e. The number of anilines is 2. The molecule has 0 saturated heterocycles. The molecule has 1 nitrogen and oxygen atoms in total. The Morgan fingerprint density at radius 2 is 1.19 bits per heavy atom. The quantitative estimate of drug-likeness (QED) is 0.163. The molecular formula is C47H43N. The highest BCUT2D eigenvalue weighted by Crippen LogP contribution is 2.70. The molecule has 1 heteroatoms. The second kappa shape index (κ2) is 11.7. The molecule has 5 aliphatic rings. The fourth-order valence-corrected chi connectivity index (χ4v) is 10.6. The van der Waals surface area contributed by atoms with Crippen LogP contribution in [0.15, 0.2) is 158 Å². The zero-order chi connectivity index (χ0) is 32.2. The predicted octanol–water partition coefficient (Wildman–Crippen LogP) is 12.5. The van der Waals surface area contributed by atoms with Gasteiger partial charge in [0.25, 0.3) is 0 Å². The van der Waals surface area contributed by atoms with Gasteiger partial charge in [0, 0.05) is 16.8 Å². The summed E-state index contributed by atoms with van der Waals surface area (Å²) >= 11 is 0. The Balaban J connectivity index is 1.18. The lowest BCUT2D eigenvalue weighted by Crippen LogP contribution is -2.55. The first kappa shape index (κ1) is 29.3. The second-order valence-electron chi connectivity index (χ2n) is 14.6. The molecule has 0 heterocycles. The molecule has 48 heavy (non-hydrogen) atoms. The first-order chi connectivity index (χ1) is 23.7.